The average Bonchev–Trinajstić information content (AvgIpc) is 2.18. The second kappa shape index (κ2) is 4.79. The lowest BCUT2D eigenvalue weighted by Gasteiger charge is -2.19. The van der Waals surface area contributed by atoms with Crippen LogP contribution in [0, 0.1) is 0 Å². The molecule has 0 aromatic heterocycles. The maximum atomic E-state index is 8.77. The van der Waals surface area contributed by atoms with Crippen LogP contribution in [0.2, 0.25) is 0 Å². The number of hydrogen-bond donors (Lipinski definition) is 2. The summed E-state index contributed by atoms with van der Waals surface area (Å²) in [4.78, 5) is 0. The van der Waals surface area contributed by atoms with Gasteiger partial charge in [0.05, 0.1) is 5.54 Å². The Labute approximate surface area is 89.4 Å². The first kappa shape index (κ1) is 11.5. The molecule has 3 N–H and O–H groups in total. The first-order chi connectivity index (χ1) is 7.04. The molecule has 0 aliphatic heterocycles. The van der Waals surface area contributed by atoms with Crippen LogP contribution in [-0.2, 0) is 0 Å². The van der Waals surface area contributed by atoms with Crippen LogP contribution in [0.25, 0.3) is 0 Å². The summed E-state index contributed by atoms with van der Waals surface area (Å²) >= 11 is 0. The third-order valence-corrected chi connectivity index (χ3v) is 1.98. The molecule has 0 radical (unpaired) electrons. The quantitative estimate of drug-likeness (QED) is 0.449. The molecule has 0 saturated carbocycles. The maximum absolute atomic E-state index is 8.77. The number of benzene rings is 1. The van der Waals surface area contributed by atoms with Gasteiger partial charge in [-0.2, -0.15) is 0 Å². The molecule has 0 bridgehead atoms. The Kier molecular flexibility index (Phi) is 3.68. The van der Waals surface area contributed by atoms with E-state index in [0.29, 0.717) is 5.71 Å². The van der Waals surface area contributed by atoms with Crippen LogP contribution >= 0.6 is 0 Å². The Morgan fingerprint density at radius 2 is 2.00 bits per heavy atom. The van der Waals surface area contributed by atoms with Gasteiger partial charge >= 0.3 is 0 Å². The molecule has 15 heavy (non-hydrogen) atoms. The molecule has 0 aliphatic rings. The topological polar surface area (TPSA) is 67.8 Å². The SMILES string of the molecule is CC(C)(N)C(COc1ccccc1)=NO. The third kappa shape index (κ3) is 3.59. The van der Waals surface area contributed by atoms with E-state index in [1.54, 1.807) is 13.8 Å². The Morgan fingerprint density at radius 3 is 2.47 bits per heavy atom. The highest BCUT2D eigenvalue weighted by atomic mass is 16.5. The molecule has 1 aromatic rings. The molecule has 4 nitrogen and oxygen atoms in total. The van der Waals surface area contributed by atoms with E-state index in [1.165, 1.54) is 0 Å². The number of rotatable bonds is 4. The minimum absolute atomic E-state index is 0.185. The molecule has 0 unspecified atom stereocenters. The highest BCUT2D eigenvalue weighted by molar-refractivity contribution is 5.93. The molecular weight excluding hydrogens is 192 g/mol. The summed E-state index contributed by atoms with van der Waals surface area (Å²) in [6.07, 6.45) is 0. The zero-order chi connectivity index (χ0) is 11.3. The maximum Gasteiger partial charge on any atom is 0.132 e. The number of nitrogens with two attached hydrogens (primary N) is 1. The van der Waals surface area contributed by atoms with Gasteiger partial charge in [-0.1, -0.05) is 23.4 Å². The predicted octanol–water partition coefficient (Wildman–Crippen LogP) is 1.63. The molecule has 82 valence electrons. The van der Waals surface area contributed by atoms with E-state index in [9.17, 15) is 0 Å². The van der Waals surface area contributed by atoms with Gasteiger partial charge in [0.15, 0.2) is 0 Å². The number of hydrogen-bond acceptors (Lipinski definition) is 4. The van der Waals surface area contributed by atoms with Crippen molar-refractivity contribution < 1.29 is 9.94 Å². The van der Waals surface area contributed by atoms with Crippen LogP contribution in [0.5, 0.6) is 5.75 Å². The highest BCUT2D eigenvalue weighted by Crippen LogP contribution is 2.10. The van der Waals surface area contributed by atoms with Gasteiger partial charge in [-0.25, -0.2) is 0 Å². The molecule has 0 fully saturated rings. The first-order valence-electron chi connectivity index (χ1n) is 4.72. The second-order valence-corrected chi connectivity index (χ2v) is 3.87. The molecular formula is C11H16N2O2. The molecule has 0 aliphatic carbocycles. The fraction of sp³-hybridized carbons (Fsp3) is 0.364. The highest BCUT2D eigenvalue weighted by Gasteiger charge is 2.20. The van der Waals surface area contributed by atoms with Crippen LogP contribution in [0.15, 0.2) is 35.5 Å². The Hall–Kier alpha value is -1.55. The van der Waals surface area contributed by atoms with Crippen molar-refractivity contribution in [2.24, 2.45) is 10.9 Å². The molecule has 0 amide bonds. The van der Waals surface area contributed by atoms with Crippen molar-refractivity contribution in [2.75, 3.05) is 6.61 Å². The van der Waals surface area contributed by atoms with Crippen LogP contribution in [0.3, 0.4) is 0 Å². The summed E-state index contributed by atoms with van der Waals surface area (Å²) in [6, 6.07) is 9.31. The van der Waals surface area contributed by atoms with Crippen molar-refractivity contribution in [2.45, 2.75) is 19.4 Å². The van der Waals surface area contributed by atoms with Crippen molar-refractivity contribution in [1.82, 2.24) is 0 Å². The smallest absolute Gasteiger partial charge is 0.132 e. The van der Waals surface area contributed by atoms with Crippen LogP contribution in [0.4, 0.5) is 0 Å². The number of para-hydroxylation sites is 1. The fourth-order valence-corrected chi connectivity index (χ4v) is 1.01. The standard InChI is InChI=1S/C11H16N2O2/c1-11(2,12)10(13-14)8-15-9-6-4-3-5-7-9/h3-7,14H,8,12H2,1-2H3. The first-order valence-corrected chi connectivity index (χ1v) is 4.72. The van der Waals surface area contributed by atoms with E-state index in [4.69, 9.17) is 15.7 Å². The van der Waals surface area contributed by atoms with E-state index in [1.807, 2.05) is 30.3 Å². The Balaban J connectivity index is 2.57. The summed E-state index contributed by atoms with van der Waals surface area (Å²) in [7, 11) is 0. The summed E-state index contributed by atoms with van der Waals surface area (Å²) in [5.41, 5.74) is 5.52. The molecule has 4 heteroatoms. The fourth-order valence-electron chi connectivity index (χ4n) is 1.01. The zero-order valence-corrected chi connectivity index (χ0v) is 8.97. The van der Waals surface area contributed by atoms with Gasteiger partial charge in [-0.3, -0.25) is 0 Å². The number of nitrogens with zero attached hydrogens (tertiary/aromatic N) is 1. The predicted molar refractivity (Wildman–Crippen MR) is 59.4 cm³/mol. The lowest BCUT2D eigenvalue weighted by molar-refractivity contribution is 0.299. The minimum Gasteiger partial charge on any atom is -0.487 e. The molecule has 0 atom stereocenters. The van der Waals surface area contributed by atoms with Crippen molar-refractivity contribution >= 4 is 5.71 Å². The van der Waals surface area contributed by atoms with Gasteiger partial charge in [0, 0.05) is 0 Å². The van der Waals surface area contributed by atoms with E-state index in [-0.39, 0.29) is 6.61 Å². The number of ether oxygens (including phenoxy) is 1. The average molecular weight is 208 g/mol. The van der Waals surface area contributed by atoms with Crippen molar-refractivity contribution in [3.8, 4) is 5.75 Å². The molecule has 0 spiro atoms. The van der Waals surface area contributed by atoms with Crippen molar-refractivity contribution in [3.05, 3.63) is 30.3 Å². The van der Waals surface area contributed by atoms with Crippen molar-refractivity contribution in [3.63, 3.8) is 0 Å². The minimum atomic E-state index is -0.677. The zero-order valence-electron chi connectivity index (χ0n) is 8.97. The summed E-state index contributed by atoms with van der Waals surface area (Å²) in [5, 5.41) is 11.9. The third-order valence-electron chi connectivity index (χ3n) is 1.98. The molecule has 1 rings (SSSR count). The van der Waals surface area contributed by atoms with Gasteiger partial charge in [0.25, 0.3) is 0 Å². The summed E-state index contributed by atoms with van der Waals surface area (Å²) < 4.78 is 5.41. The van der Waals surface area contributed by atoms with Gasteiger partial charge in [0.1, 0.15) is 18.1 Å². The summed E-state index contributed by atoms with van der Waals surface area (Å²) in [5.74, 6) is 0.725. The van der Waals surface area contributed by atoms with Crippen LogP contribution in [0.1, 0.15) is 13.8 Å². The van der Waals surface area contributed by atoms with Crippen LogP contribution < -0.4 is 10.5 Å². The molecule has 1 aromatic carbocycles. The number of oxime groups is 1. The normalized spacial score (nSPS) is 12.6. The van der Waals surface area contributed by atoms with E-state index in [0.717, 1.165) is 5.75 Å². The van der Waals surface area contributed by atoms with Gasteiger partial charge in [-0.15, -0.1) is 0 Å². The lowest BCUT2D eigenvalue weighted by atomic mass is 10.0. The van der Waals surface area contributed by atoms with E-state index in [2.05, 4.69) is 5.16 Å². The second-order valence-electron chi connectivity index (χ2n) is 3.87. The van der Waals surface area contributed by atoms with E-state index < -0.39 is 5.54 Å². The largest absolute Gasteiger partial charge is 0.487 e. The van der Waals surface area contributed by atoms with Gasteiger partial charge < -0.3 is 15.7 Å². The Morgan fingerprint density at radius 1 is 1.40 bits per heavy atom. The summed E-state index contributed by atoms with van der Waals surface area (Å²) in [6.45, 7) is 3.71. The van der Waals surface area contributed by atoms with Crippen LogP contribution in [-0.4, -0.2) is 23.1 Å². The lowest BCUT2D eigenvalue weighted by Crippen LogP contribution is -2.44. The van der Waals surface area contributed by atoms with Gasteiger partial charge in [-0.05, 0) is 26.0 Å². The Bertz CT molecular complexity index is 328. The van der Waals surface area contributed by atoms with Crippen molar-refractivity contribution in [1.29, 1.82) is 0 Å². The van der Waals surface area contributed by atoms with Gasteiger partial charge in [0.2, 0.25) is 0 Å². The monoisotopic (exact) mass is 208 g/mol. The van der Waals surface area contributed by atoms with E-state index >= 15 is 0 Å². The molecule has 0 saturated heterocycles. The molecule has 0 heterocycles.